The molecule has 0 spiro atoms. The molecule has 3 rings (SSSR count). The minimum Gasteiger partial charge on any atom is -0.480 e. The van der Waals surface area contributed by atoms with Crippen LogP contribution >= 0.6 is 0 Å². The molecule has 0 saturated carbocycles. The van der Waals surface area contributed by atoms with Gasteiger partial charge in [-0.3, -0.25) is 4.79 Å². The summed E-state index contributed by atoms with van der Waals surface area (Å²) in [6.07, 6.45) is 0.782. The SMILES string of the molecule is CCOC(=O)c1oc2ccc(S(=O)(=O)N3CCCC3C(=O)O)cc2c1C. The van der Waals surface area contributed by atoms with Crippen molar-refractivity contribution in [2.24, 2.45) is 0 Å². The van der Waals surface area contributed by atoms with E-state index >= 15 is 0 Å². The fourth-order valence-electron chi connectivity index (χ4n) is 3.16. The summed E-state index contributed by atoms with van der Waals surface area (Å²) in [5.41, 5.74) is 0.840. The van der Waals surface area contributed by atoms with Crippen LogP contribution in [0.4, 0.5) is 0 Å². The molecule has 1 unspecified atom stereocenters. The van der Waals surface area contributed by atoms with Crippen molar-refractivity contribution in [3.05, 3.63) is 29.5 Å². The zero-order valence-electron chi connectivity index (χ0n) is 14.4. The number of fused-ring (bicyclic) bond motifs is 1. The fourth-order valence-corrected chi connectivity index (χ4v) is 4.84. The highest BCUT2D eigenvalue weighted by molar-refractivity contribution is 7.89. The Morgan fingerprint density at radius 2 is 2.12 bits per heavy atom. The summed E-state index contributed by atoms with van der Waals surface area (Å²) in [5.74, 6) is -1.74. The van der Waals surface area contributed by atoms with Crippen molar-refractivity contribution in [1.29, 1.82) is 0 Å². The van der Waals surface area contributed by atoms with Gasteiger partial charge in [-0.25, -0.2) is 13.2 Å². The third kappa shape index (κ3) is 2.97. The van der Waals surface area contributed by atoms with Crippen LogP contribution < -0.4 is 0 Å². The lowest BCUT2D eigenvalue weighted by molar-refractivity contribution is -0.140. The number of furan rings is 1. The molecule has 1 fully saturated rings. The molecule has 1 atom stereocenters. The Hall–Kier alpha value is -2.39. The van der Waals surface area contributed by atoms with E-state index in [1.54, 1.807) is 13.8 Å². The Labute approximate surface area is 150 Å². The van der Waals surface area contributed by atoms with Crippen molar-refractivity contribution in [3.63, 3.8) is 0 Å². The number of carboxylic acid groups (broad SMARTS) is 1. The second-order valence-electron chi connectivity index (χ2n) is 6.05. The van der Waals surface area contributed by atoms with Crippen LogP contribution in [0.3, 0.4) is 0 Å². The normalized spacial score (nSPS) is 18.3. The summed E-state index contributed by atoms with van der Waals surface area (Å²) in [6, 6.07) is 3.16. The highest BCUT2D eigenvalue weighted by Gasteiger charge is 2.39. The number of esters is 1. The van der Waals surface area contributed by atoms with Gasteiger partial charge in [-0.15, -0.1) is 0 Å². The number of nitrogens with zero attached hydrogens (tertiary/aromatic N) is 1. The molecule has 8 nitrogen and oxygen atoms in total. The summed E-state index contributed by atoms with van der Waals surface area (Å²) in [6.45, 7) is 3.68. The van der Waals surface area contributed by atoms with Gasteiger partial charge in [0.25, 0.3) is 0 Å². The van der Waals surface area contributed by atoms with Crippen LogP contribution in [0.5, 0.6) is 0 Å². The molecule has 1 aliphatic rings. The molecule has 1 N–H and O–H groups in total. The molecule has 1 aromatic heterocycles. The minimum atomic E-state index is -3.97. The Balaban J connectivity index is 2.05. The number of hydrogen-bond donors (Lipinski definition) is 1. The molecular weight excluding hydrogens is 362 g/mol. The molecule has 1 aromatic carbocycles. The van der Waals surface area contributed by atoms with E-state index in [1.807, 2.05) is 0 Å². The van der Waals surface area contributed by atoms with Gasteiger partial charge in [-0.2, -0.15) is 4.31 Å². The van der Waals surface area contributed by atoms with Crippen molar-refractivity contribution in [2.45, 2.75) is 37.6 Å². The molecule has 9 heteroatoms. The van der Waals surface area contributed by atoms with Gasteiger partial charge in [-0.1, -0.05) is 0 Å². The third-order valence-electron chi connectivity index (χ3n) is 4.46. The standard InChI is InChI=1S/C17H19NO7S/c1-3-24-17(21)15-10(2)12-9-11(6-7-14(12)25-15)26(22,23)18-8-4-5-13(18)16(19)20/h6-7,9,13H,3-5,8H2,1-2H3,(H,19,20). The Morgan fingerprint density at radius 1 is 1.38 bits per heavy atom. The number of carbonyl (C=O) groups excluding carboxylic acids is 1. The van der Waals surface area contributed by atoms with E-state index in [1.165, 1.54) is 18.2 Å². The first kappa shape index (κ1) is 18.4. The maximum absolute atomic E-state index is 12.9. The number of sulfonamides is 1. The second-order valence-corrected chi connectivity index (χ2v) is 7.94. The molecule has 2 aromatic rings. The smallest absolute Gasteiger partial charge is 0.374 e. The summed E-state index contributed by atoms with van der Waals surface area (Å²) in [4.78, 5) is 23.2. The average Bonchev–Trinajstić information content (AvgIpc) is 3.20. The van der Waals surface area contributed by atoms with Crippen LogP contribution in [0.1, 0.15) is 35.9 Å². The van der Waals surface area contributed by atoms with Crippen LogP contribution in [0, 0.1) is 6.92 Å². The lowest BCUT2D eigenvalue weighted by Crippen LogP contribution is -2.40. The summed E-state index contributed by atoms with van der Waals surface area (Å²) >= 11 is 0. The molecule has 1 saturated heterocycles. The predicted octanol–water partition coefficient (Wildman–Crippen LogP) is 2.16. The zero-order chi connectivity index (χ0) is 19.1. The molecule has 0 aliphatic carbocycles. The Kier molecular flexibility index (Phi) is 4.76. The number of carbonyl (C=O) groups is 2. The summed E-state index contributed by atoms with van der Waals surface area (Å²) in [7, 11) is -3.97. The Morgan fingerprint density at radius 3 is 2.77 bits per heavy atom. The topological polar surface area (TPSA) is 114 Å². The number of benzene rings is 1. The molecule has 1 aliphatic heterocycles. The van der Waals surface area contributed by atoms with Gasteiger partial charge >= 0.3 is 11.9 Å². The van der Waals surface area contributed by atoms with Crippen LogP contribution in [-0.2, 0) is 19.6 Å². The first-order chi connectivity index (χ1) is 12.3. The number of rotatable bonds is 5. The zero-order valence-corrected chi connectivity index (χ0v) is 15.2. The van der Waals surface area contributed by atoms with Crippen molar-refractivity contribution in [3.8, 4) is 0 Å². The van der Waals surface area contributed by atoms with E-state index < -0.39 is 28.0 Å². The number of aliphatic carboxylic acids is 1. The highest BCUT2D eigenvalue weighted by Crippen LogP contribution is 2.31. The number of hydrogen-bond acceptors (Lipinski definition) is 6. The third-order valence-corrected chi connectivity index (χ3v) is 6.37. The van der Waals surface area contributed by atoms with Gasteiger partial charge in [0, 0.05) is 17.5 Å². The van der Waals surface area contributed by atoms with E-state index in [0.717, 1.165) is 4.31 Å². The van der Waals surface area contributed by atoms with Gasteiger partial charge in [0.1, 0.15) is 11.6 Å². The molecule has 0 radical (unpaired) electrons. The summed E-state index contributed by atoms with van der Waals surface area (Å²) in [5, 5.41) is 9.72. The van der Waals surface area contributed by atoms with Crippen LogP contribution in [0.25, 0.3) is 11.0 Å². The molecular formula is C17H19NO7S. The number of carboxylic acids is 1. The molecule has 0 amide bonds. The van der Waals surface area contributed by atoms with Crippen molar-refractivity contribution >= 4 is 32.9 Å². The molecule has 140 valence electrons. The van der Waals surface area contributed by atoms with Crippen molar-refractivity contribution < 1.29 is 32.3 Å². The quantitative estimate of drug-likeness (QED) is 0.789. The van der Waals surface area contributed by atoms with E-state index in [-0.39, 0.29) is 30.2 Å². The maximum atomic E-state index is 12.9. The van der Waals surface area contributed by atoms with Crippen molar-refractivity contribution in [2.75, 3.05) is 13.2 Å². The first-order valence-electron chi connectivity index (χ1n) is 8.22. The first-order valence-corrected chi connectivity index (χ1v) is 9.66. The minimum absolute atomic E-state index is 0.0287. The lowest BCUT2D eigenvalue weighted by atomic mass is 10.1. The monoisotopic (exact) mass is 381 g/mol. The Bertz CT molecular complexity index is 976. The average molecular weight is 381 g/mol. The molecule has 2 heterocycles. The summed E-state index contributed by atoms with van der Waals surface area (Å²) < 4.78 is 37.2. The van der Waals surface area contributed by atoms with Crippen LogP contribution in [-0.4, -0.2) is 49.0 Å². The van der Waals surface area contributed by atoms with Crippen LogP contribution in [0.15, 0.2) is 27.5 Å². The van der Waals surface area contributed by atoms with E-state index in [2.05, 4.69) is 0 Å². The van der Waals surface area contributed by atoms with E-state index in [4.69, 9.17) is 9.15 Å². The molecule has 0 bridgehead atoms. The largest absolute Gasteiger partial charge is 0.480 e. The van der Waals surface area contributed by atoms with Crippen LogP contribution in [0.2, 0.25) is 0 Å². The van der Waals surface area contributed by atoms with E-state index in [9.17, 15) is 23.1 Å². The highest BCUT2D eigenvalue weighted by atomic mass is 32.2. The van der Waals surface area contributed by atoms with Gasteiger partial charge in [0.2, 0.25) is 15.8 Å². The van der Waals surface area contributed by atoms with Gasteiger partial charge in [0.15, 0.2) is 0 Å². The fraction of sp³-hybridized carbons (Fsp3) is 0.412. The van der Waals surface area contributed by atoms with Crippen molar-refractivity contribution in [1.82, 2.24) is 4.31 Å². The van der Waals surface area contributed by atoms with Gasteiger partial charge < -0.3 is 14.3 Å². The van der Waals surface area contributed by atoms with Gasteiger partial charge in [-0.05, 0) is 44.9 Å². The number of aryl methyl sites for hydroxylation is 1. The van der Waals surface area contributed by atoms with Gasteiger partial charge in [0.05, 0.1) is 11.5 Å². The maximum Gasteiger partial charge on any atom is 0.374 e. The lowest BCUT2D eigenvalue weighted by Gasteiger charge is -2.20. The predicted molar refractivity (Wildman–Crippen MR) is 91.5 cm³/mol. The van der Waals surface area contributed by atoms with E-state index in [0.29, 0.717) is 23.0 Å². The molecule has 26 heavy (non-hydrogen) atoms. The number of ether oxygens (including phenoxy) is 1. The second kappa shape index (κ2) is 6.73.